The van der Waals surface area contributed by atoms with Gasteiger partial charge in [-0.15, -0.1) is 0 Å². The third kappa shape index (κ3) is 4.61. The Bertz CT molecular complexity index is 563. The lowest BCUT2D eigenvalue weighted by Gasteiger charge is -2.21. The summed E-state index contributed by atoms with van der Waals surface area (Å²) in [7, 11) is 2.16. The van der Waals surface area contributed by atoms with E-state index in [4.69, 9.17) is 0 Å². The highest BCUT2D eigenvalue weighted by molar-refractivity contribution is 5.48. The Morgan fingerprint density at radius 3 is 2.48 bits per heavy atom. The number of nitrogens with one attached hydrogen (secondary N) is 1. The smallest absolute Gasteiger partial charge is 0.0429 e. The van der Waals surface area contributed by atoms with Crippen LogP contribution in [0.25, 0.3) is 0 Å². The van der Waals surface area contributed by atoms with Crippen LogP contribution in [0, 0.1) is 6.92 Å². The molecule has 0 heterocycles. The van der Waals surface area contributed by atoms with E-state index in [9.17, 15) is 0 Å². The van der Waals surface area contributed by atoms with Gasteiger partial charge in [-0.05, 0) is 48.7 Å². The van der Waals surface area contributed by atoms with Crippen LogP contribution in [0.1, 0.15) is 30.0 Å². The zero-order chi connectivity index (χ0) is 15.1. The third-order valence-electron chi connectivity index (χ3n) is 3.71. The molecule has 112 valence electrons. The zero-order valence-corrected chi connectivity index (χ0v) is 13.4. The Kier molecular flexibility index (Phi) is 5.82. The Balaban J connectivity index is 2.08. The van der Waals surface area contributed by atoms with Gasteiger partial charge in [-0.25, -0.2) is 0 Å². The van der Waals surface area contributed by atoms with Gasteiger partial charge < -0.3 is 10.2 Å². The lowest BCUT2D eigenvalue weighted by Crippen LogP contribution is -2.20. The van der Waals surface area contributed by atoms with E-state index in [0.717, 1.165) is 19.6 Å². The molecule has 2 nitrogen and oxygen atoms in total. The fourth-order valence-corrected chi connectivity index (χ4v) is 2.50. The zero-order valence-electron chi connectivity index (χ0n) is 13.4. The van der Waals surface area contributed by atoms with Gasteiger partial charge in [-0.2, -0.15) is 0 Å². The average Bonchev–Trinajstić information content (AvgIpc) is 2.49. The number of aryl methyl sites for hydroxylation is 1. The van der Waals surface area contributed by atoms with Gasteiger partial charge in [0.05, 0.1) is 0 Å². The Labute approximate surface area is 128 Å². The first-order chi connectivity index (χ1) is 10.2. The van der Waals surface area contributed by atoms with Crippen LogP contribution in [0.2, 0.25) is 0 Å². The van der Waals surface area contributed by atoms with Gasteiger partial charge in [-0.1, -0.05) is 43.3 Å². The fraction of sp³-hybridized carbons (Fsp3) is 0.368. The summed E-state index contributed by atoms with van der Waals surface area (Å²) < 4.78 is 0. The fourth-order valence-electron chi connectivity index (χ4n) is 2.50. The molecule has 0 saturated heterocycles. The molecule has 0 atom stereocenters. The number of hydrogen-bond acceptors (Lipinski definition) is 2. The summed E-state index contributed by atoms with van der Waals surface area (Å²) in [6.07, 6.45) is 1.17. The van der Waals surface area contributed by atoms with Gasteiger partial charge in [0.2, 0.25) is 0 Å². The molecular weight excluding hydrogens is 256 g/mol. The van der Waals surface area contributed by atoms with Crippen LogP contribution in [0.15, 0.2) is 48.5 Å². The molecule has 0 fully saturated rings. The van der Waals surface area contributed by atoms with Gasteiger partial charge in [0.1, 0.15) is 0 Å². The van der Waals surface area contributed by atoms with E-state index in [-0.39, 0.29) is 0 Å². The van der Waals surface area contributed by atoms with Crippen molar-refractivity contribution in [3.63, 3.8) is 0 Å². The molecule has 0 radical (unpaired) electrons. The molecule has 0 spiro atoms. The maximum Gasteiger partial charge on any atom is 0.0429 e. The molecule has 0 aromatic heterocycles. The molecule has 0 unspecified atom stereocenters. The molecule has 0 aliphatic carbocycles. The molecule has 2 aromatic rings. The van der Waals surface area contributed by atoms with Crippen molar-refractivity contribution in [3.8, 4) is 0 Å². The average molecular weight is 282 g/mol. The van der Waals surface area contributed by atoms with Crippen molar-refractivity contribution in [2.45, 2.75) is 33.4 Å². The molecule has 0 aliphatic rings. The van der Waals surface area contributed by atoms with E-state index in [1.165, 1.54) is 28.8 Å². The van der Waals surface area contributed by atoms with Crippen molar-refractivity contribution >= 4 is 5.69 Å². The summed E-state index contributed by atoms with van der Waals surface area (Å²) in [6, 6.07) is 17.4. The van der Waals surface area contributed by atoms with Crippen LogP contribution in [0.3, 0.4) is 0 Å². The Morgan fingerprint density at radius 1 is 1.00 bits per heavy atom. The number of benzene rings is 2. The first kappa shape index (κ1) is 15.6. The minimum atomic E-state index is 0.938. The lowest BCUT2D eigenvalue weighted by molar-refractivity contribution is 0.670. The summed E-state index contributed by atoms with van der Waals surface area (Å²) in [6.45, 7) is 7.30. The van der Waals surface area contributed by atoms with E-state index in [1.54, 1.807) is 0 Å². The van der Waals surface area contributed by atoms with E-state index in [0.29, 0.717) is 0 Å². The maximum absolute atomic E-state index is 3.50. The van der Waals surface area contributed by atoms with Crippen molar-refractivity contribution in [2.75, 3.05) is 18.5 Å². The topological polar surface area (TPSA) is 15.3 Å². The van der Waals surface area contributed by atoms with Crippen LogP contribution in [0.5, 0.6) is 0 Å². The van der Waals surface area contributed by atoms with E-state index in [1.807, 2.05) is 0 Å². The summed E-state index contributed by atoms with van der Waals surface area (Å²) in [5, 5.41) is 3.50. The number of hydrogen-bond donors (Lipinski definition) is 1. The van der Waals surface area contributed by atoms with E-state index < -0.39 is 0 Å². The van der Waals surface area contributed by atoms with Gasteiger partial charge in [-0.3, -0.25) is 0 Å². The number of rotatable bonds is 7. The van der Waals surface area contributed by atoms with Crippen molar-refractivity contribution in [2.24, 2.45) is 0 Å². The minimum Gasteiger partial charge on any atom is -0.370 e. The third-order valence-corrected chi connectivity index (χ3v) is 3.71. The molecular formula is C19H26N2. The van der Waals surface area contributed by atoms with Crippen molar-refractivity contribution in [1.29, 1.82) is 0 Å². The summed E-state index contributed by atoms with van der Waals surface area (Å²) >= 11 is 0. The highest BCUT2D eigenvalue weighted by Crippen LogP contribution is 2.18. The molecule has 1 N–H and O–H groups in total. The second-order valence-electron chi connectivity index (χ2n) is 5.64. The van der Waals surface area contributed by atoms with Crippen molar-refractivity contribution < 1.29 is 0 Å². The van der Waals surface area contributed by atoms with E-state index >= 15 is 0 Å². The molecule has 2 rings (SSSR count). The monoisotopic (exact) mass is 282 g/mol. The first-order valence-corrected chi connectivity index (χ1v) is 7.76. The number of nitrogens with zero attached hydrogens (tertiary/aromatic N) is 1. The molecule has 2 aromatic carbocycles. The van der Waals surface area contributed by atoms with Crippen LogP contribution >= 0.6 is 0 Å². The maximum atomic E-state index is 3.50. The Hall–Kier alpha value is -1.80. The number of anilines is 1. The summed E-state index contributed by atoms with van der Waals surface area (Å²) in [4.78, 5) is 2.31. The summed E-state index contributed by atoms with van der Waals surface area (Å²) in [5.74, 6) is 0. The minimum absolute atomic E-state index is 0.938. The SMILES string of the molecule is CCCNCc1ccccc1CN(C)c1cccc(C)c1. The van der Waals surface area contributed by atoms with Crippen LogP contribution in [-0.2, 0) is 13.1 Å². The normalized spacial score (nSPS) is 10.6. The van der Waals surface area contributed by atoms with Crippen molar-refractivity contribution in [3.05, 3.63) is 65.2 Å². The highest BCUT2D eigenvalue weighted by Gasteiger charge is 2.06. The second kappa shape index (κ2) is 7.84. The molecule has 2 heteroatoms. The largest absolute Gasteiger partial charge is 0.370 e. The summed E-state index contributed by atoms with van der Waals surface area (Å²) in [5.41, 5.74) is 5.36. The van der Waals surface area contributed by atoms with Crippen LogP contribution in [0.4, 0.5) is 5.69 Å². The molecule has 0 aliphatic heterocycles. The quantitative estimate of drug-likeness (QED) is 0.768. The van der Waals surface area contributed by atoms with Crippen molar-refractivity contribution in [1.82, 2.24) is 5.32 Å². The van der Waals surface area contributed by atoms with Gasteiger partial charge in [0.15, 0.2) is 0 Å². The first-order valence-electron chi connectivity index (χ1n) is 7.76. The molecule has 0 saturated carbocycles. The van der Waals surface area contributed by atoms with Crippen LogP contribution < -0.4 is 10.2 Å². The molecule has 21 heavy (non-hydrogen) atoms. The lowest BCUT2D eigenvalue weighted by atomic mass is 10.1. The molecule has 0 bridgehead atoms. The van der Waals surface area contributed by atoms with Gasteiger partial charge in [0, 0.05) is 25.8 Å². The van der Waals surface area contributed by atoms with Gasteiger partial charge in [0.25, 0.3) is 0 Å². The molecule has 0 amide bonds. The van der Waals surface area contributed by atoms with Crippen LogP contribution in [-0.4, -0.2) is 13.6 Å². The predicted molar refractivity (Wildman–Crippen MR) is 91.7 cm³/mol. The van der Waals surface area contributed by atoms with E-state index in [2.05, 4.69) is 79.6 Å². The Morgan fingerprint density at radius 2 is 1.76 bits per heavy atom. The standard InChI is InChI=1S/C19H26N2/c1-4-12-20-14-17-9-5-6-10-18(17)15-21(3)19-11-7-8-16(2)13-19/h5-11,13,20H,4,12,14-15H2,1-3H3. The predicted octanol–water partition coefficient (Wildman–Crippen LogP) is 4.13. The second-order valence-corrected chi connectivity index (χ2v) is 5.64. The van der Waals surface area contributed by atoms with Gasteiger partial charge >= 0.3 is 0 Å². The highest BCUT2D eigenvalue weighted by atomic mass is 15.1.